The van der Waals surface area contributed by atoms with Crippen LogP contribution in [0.2, 0.25) is 0 Å². The van der Waals surface area contributed by atoms with Crippen LogP contribution in [0.3, 0.4) is 0 Å². The molecule has 0 aliphatic heterocycles. The van der Waals surface area contributed by atoms with E-state index in [1.54, 1.807) is 0 Å². The molecule has 0 unspecified atom stereocenters. The van der Waals surface area contributed by atoms with Crippen LogP contribution in [0.4, 0.5) is 0 Å². The van der Waals surface area contributed by atoms with Crippen LogP contribution in [0.5, 0.6) is 0 Å². The van der Waals surface area contributed by atoms with Gasteiger partial charge in [0.05, 0.1) is 0 Å². The Morgan fingerprint density at radius 3 is 1.93 bits per heavy atom. The Labute approximate surface area is 108 Å². The van der Waals surface area contributed by atoms with Crippen LogP contribution in [-0.4, -0.2) is 43.4 Å². The maximum absolute atomic E-state index is 3.91. The van der Waals surface area contributed by atoms with Crippen LogP contribution in [0.1, 0.15) is 46.5 Å². The second kappa shape index (κ2) is 12.4. The van der Waals surface area contributed by atoms with Gasteiger partial charge in [0, 0.05) is 6.54 Å². The van der Waals surface area contributed by atoms with Gasteiger partial charge in [-0.3, -0.25) is 4.90 Å². The van der Waals surface area contributed by atoms with Crippen LogP contribution in [0, 0.1) is 6.92 Å². The van der Waals surface area contributed by atoms with E-state index in [1.165, 1.54) is 44.3 Å². The molecule has 0 rings (SSSR count). The molecule has 15 heavy (non-hydrogen) atoms. The summed E-state index contributed by atoms with van der Waals surface area (Å²) in [5.41, 5.74) is 1.18. The van der Waals surface area contributed by atoms with Gasteiger partial charge in [-0.25, -0.2) is 0 Å². The topological polar surface area (TPSA) is 3.24 Å². The molecule has 2 heteroatoms. The summed E-state index contributed by atoms with van der Waals surface area (Å²) in [6.45, 7) is 14.0. The molecule has 1 nitrogen and oxygen atoms in total. The van der Waals surface area contributed by atoms with Gasteiger partial charge in [0.1, 0.15) is 0 Å². The molecule has 1 radical (unpaired) electrons. The molecule has 0 bridgehead atoms. The van der Waals surface area contributed by atoms with Crippen molar-refractivity contribution in [2.45, 2.75) is 46.5 Å². The Morgan fingerprint density at radius 1 is 1.13 bits per heavy atom. The number of allylic oxidation sites excluding steroid dienone is 1. The Hall–Kier alpha value is 0.297. The standard InChI is InChI=1S/C13H26N.Li.H/c1-5-7-10-14(11-8-6-2)12-9-13(3)4;;/h9H,3,5-8,10-12H2,1-2,4H3;;. The Morgan fingerprint density at radius 2 is 1.60 bits per heavy atom. The van der Waals surface area contributed by atoms with E-state index in [0.717, 1.165) is 6.54 Å². The molecule has 0 spiro atoms. The van der Waals surface area contributed by atoms with Crippen molar-refractivity contribution in [2.75, 3.05) is 19.6 Å². The molecule has 0 aromatic rings. The molecule has 0 aromatic heterocycles. The van der Waals surface area contributed by atoms with E-state index < -0.39 is 0 Å². The molecule has 0 aromatic carbocycles. The molecule has 85 valence electrons. The SMILES string of the molecule is [CH2]C(C)=CCN(CCCC)CCCC.[LiH]. The number of hydrogen-bond acceptors (Lipinski definition) is 1. The van der Waals surface area contributed by atoms with E-state index in [0.29, 0.717) is 0 Å². The molecule has 0 saturated carbocycles. The summed E-state index contributed by atoms with van der Waals surface area (Å²) >= 11 is 0. The summed E-state index contributed by atoms with van der Waals surface area (Å²) in [4.78, 5) is 2.53. The van der Waals surface area contributed by atoms with Gasteiger partial charge < -0.3 is 0 Å². The minimum absolute atomic E-state index is 0. The van der Waals surface area contributed by atoms with Crippen LogP contribution < -0.4 is 0 Å². The van der Waals surface area contributed by atoms with Crippen LogP contribution in [0.15, 0.2) is 11.6 Å². The molecule has 0 atom stereocenters. The fourth-order valence-corrected chi connectivity index (χ4v) is 1.34. The summed E-state index contributed by atoms with van der Waals surface area (Å²) in [7, 11) is 0. The summed E-state index contributed by atoms with van der Waals surface area (Å²) in [5.74, 6) is 0. The molecule has 0 amide bonds. The van der Waals surface area contributed by atoms with Gasteiger partial charge in [-0.1, -0.05) is 38.3 Å². The van der Waals surface area contributed by atoms with E-state index in [-0.39, 0.29) is 18.9 Å². The van der Waals surface area contributed by atoms with E-state index >= 15 is 0 Å². The van der Waals surface area contributed by atoms with Crippen molar-refractivity contribution in [2.24, 2.45) is 0 Å². The molecule has 0 fully saturated rings. The molecule has 0 N–H and O–H groups in total. The first-order valence-electron chi connectivity index (χ1n) is 5.91. The van der Waals surface area contributed by atoms with E-state index in [9.17, 15) is 0 Å². The molecule has 0 aliphatic carbocycles. The van der Waals surface area contributed by atoms with Crippen molar-refractivity contribution in [3.05, 3.63) is 18.6 Å². The average Bonchev–Trinajstić information content (AvgIpc) is 2.16. The van der Waals surface area contributed by atoms with Gasteiger partial charge in [-0.05, 0) is 39.8 Å². The zero-order valence-corrected chi connectivity index (χ0v) is 10.2. The Kier molecular flexibility index (Phi) is 14.6. The molecular weight excluding hydrogens is 177 g/mol. The number of rotatable bonds is 8. The third-order valence-corrected chi connectivity index (χ3v) is 2.35. The summed E-state index contributed by atoms with van der Waals surface area (Å²) in [6.07, 6.45) is 7.43. The van der Waals surface area contributed by atoms with Gasteiger partial charge in [-0.2, -0.15) is 0 Å². The van der Waals surface area contributed by atoms with Crippen molar-refractivity contribution in [3.8, 4) is 0 Å². The van der Waals surface area contributed by atoms with Crippen molar-refractivity contribution in [1.82, 2.24) is 4.90 Å². The molecule has 0 saturated heterocycles. The van der Waals surface area contributed by atoms with Crippen molar-refractivity contribution in [3.63, 3.8) is 0 Å². The molecule has 0 aliphatic rings. The fraction of sp³-hybridized carbons (Fsp3) is 0.769. The third kappa shape index (κ3) is 12.2. The van der Waals surface area contributed by atoms with Crippen molar-refractivity contribution in [1.29, 1.82) is 0 Å². The average molecular weight is 204 g/mol. The monoisotopic (exact) mass is 204 g/mol. The number of nitrogens with zero attached hydrogens (tertiary/aromatic N) is 1. The van der Waals surface area contributed by atoms with Gasteiger partial charge in [0.2, 0.25) is 0 Å². The maximum atomic E-state index is 3.91. The van der Waals surface area contributed by atoms with Crippen LogP contribution >= 0.6 is 0 Å². The zero-order valence-electron chi connectivity index (χ0n) is 10.2. The molecule has 0 heterocycles. The van der Waals surface area contributed by atoms with Crippen LogP contribution in [-0.2, 0) is 0 Å². The Balaban J connectivity index is 0. The van der Waals surface area contributed by atoms with Crippen LogP contribution in [0.25, 0.3) is 0 Å². The first-order valence-corrected chi connectivity index (χ1v) is 5.91. The third-order valence-electron chi connectivity index (χ3n) is 2.35. The summed E-state index contributed by atoms with van der Waals surface area (Å²) in [6, 6.07) is 0. The normalized spacial score (nSPS) is 11.7. The first-order chi connectivity index (χ1) is 6.70. The number of unbranched alkanes of at least 4 members (excludes halogenated alkanes) is 2. The Bertz CT molecular complexity index is 143. The van der Waals surface area contributed by atoms with Crippen molar-refractivity contribution >= 4 is 18.9 Å². The summed E-state index contributed by atoms with van der Waals surface area (Å²) < 4.78 is 0. The van der Waals surface area contributed by atoms with Gasteiger partial charge in [-0.15, -0.1) is 0 Å². The second-order valence-corrected chi connectivity index (χ2v) is 4.06. The van der Waals surface area contributed by atoms with E-state index in [1.807, 2.05) is 0 Å². The zero-order chi connectivity index (χ0) is 10.8. The predicted molar refractivity (Wildman–Crippen MR) is 72.5 cm³/mol. The van der Waals surface area contributed by atoms with Gasteiger partial charge >= 0.3 is 18.9 Å². The first kappa shape index (κ1) is 17.7. The fourth-order valence-electron chi connectivity index (χ4n) is 1.34. The predicted octanol–water partition coefficient (Wildman–Crippen LogP) is 3.02. The quantitative estimate of drug-likeness (QED) is 0.549. The second-order valence-electron chi connectivity index (χ2n) is 4.06. The van der Waals surface area contributed by atoms with Gasteiger partial charge in [0.25, 0.3) is 0 Å². The molecular formula is C13H27LiN. The summed E-state index contributed by atoms with van der Waals surface area (Å²) in [5, 5.41) is 0. The van der Waals surface area contributed by atoms with E-state index in [2.05, 4.69) is 38.7 Å². The van der Waals surface area contributed by atoms with Crippen molar-refractivity contribution < 1.29 is 0 Å². The van der Waals surface area contributed by atoms with Gasteiger partial charge in [0.15, 0.2) is 0 Å². The number of hydrogen-bond donors (Lipinski definition) is 0. The minimum atomic E-state index is 0. The van der Waals surface area contributed by atoms with E-state index in [4.69, 9.17) is 0 Å².